The van der Waals surface area contributed by atoms with Gasteiger partial charge in [0.1, 0.15) is 0 Å². The van der Waals surface area contributed by atoms with E-state index in [-0.39, 0.29) is 0 Å². The van der Waals surface area contributed by atoms with Crippen LogP contribution in [0, 0.1) is 5.92 Å². The fourth-order valence-electron chi connectivity index (χ4n) is 1.16. The molecule has 0 heterocycles. The number of hydrogen-bond acceptors (Lipinski definition) is 2. The summed E-state index contributed by atoms with van der Waals surface area (Å²) in [6, 6.07) is 0.613. The van der Waals surface area contributed by atoms with Crippen LogP contribution in [0.2, 0.25) is 0 Å². The minimum absolute atomic E-state index is 0.613. The zero-order chi connectivity index (χ0) is 9.14. The summed E-state index contributed by atoms with van der Waals surface area (Å²) in [4.78, 5) is 10.2. The van der Waals surface area contributed by atoms with Gasteiger partial charge in [-0.3, -0.25) is 0 Å². The van der Waals surface area contributed by atoms with Crippen LogP contribution >= 0.6 is 0 Å². The van der Waals surface area contributed by atoms with Gasteiger partial charge in [0.05, 0.1) is 0 Å². The largest absolute Gasteiger partial charge is 0.478 e. The van der Waals surface area contributed by atoms with Gasteiger partial charge < -0.3 is 10.4 Å². The Balaban J connectivity index is 2.18. The van der Waals surface area contributed by atoms with Gasteiger partial charge in [0.15, 0.2) is 0 Å². The molecule has 1 aliphatic carbocycles. The van der Waals surface area contributed by atoms with Crippen LogP contribution in [0.4, 0.5) is 0 Å². The Morgan fingerprint density at radius 2 is 2.33 bits per heavy atom. The number of nitrogens with one attached hydrogen (secondary N) is 1. The molecule has 2 atom stereocenters. The highest BCUT2D eigenvalue weighted by molar-refractivity contribution is 5.80. The summed E-state index contributed by atoms with van der Waals surface area (Å²) < 4.78 is 0. The van der Waals surface area contributed by atoms with Crippen LogP contribution in [0.25, 0.3) is 0 Å². The SMILES string of the molecule is CC(=CC(=O)O)CNC1CC1C. The van der Waals surface area contributed by atoms with Gasteiger partial charge in [-0.15, -0.1) is 0 Å². The minimum atomic E-state index is -0.863. The molecule has 1 saturated carbocycles. The van der Waals surface area contributed by atoms with Crippen LogP contribution in [0.15, 0.2) is 11.6 Å². The lowest BCUT2D eigenvalue weighted by molar-refractivity contribution is -0.131. The Labute approximate surface area is 72.5 Å². The van der Waals surface area contributed by atoms with Crippen molar-refractivity contribution in [2.24, 2.45) is 5.92 Å². The quantitative estimate of drug-likeness (QED) is 0.618. The third-order valence-corrected chi connectivity index (χ3v) is 2.12. The van der Waals surface area contributed by atoms with Crippen LogP contribution in [-0.2, 0) is 4.79 Å². The Morgan fingerprint density at radius 1 is 1.75 bits per heavy atom. The smallest absolute Gasteiger partial charge is 0.328 e. The van der Waals surface area contributed by atoms with E-state index in [1.165, 1.54) is 12.5 Å². The minimum Gasteiger partial charge on any atom is -0.478 e. The molecule has 0 radical (unpaired) electrons. The molecule has 1 rings (SSSR count). The normalized spacial score (nSPS) is 28.7. The van der Waals surface area contributed by atoms with Crippen LogP contribution in [0.3, 0.4) is 0 Å². The van der Waals surface area contributed by atoms with E-state index in [0.29, 0.717) is 12.6 Å². The van der Waals surface area contributed by atoms with Crippen molar-refractivity contribution in [3.05, 3.63) is 11.6 Å². The molecule has 0 amide bonds. The molecule has 0 bridgehead atoms. The van der Waals surface area contributed by atoms with Crippen molar-refractivity contribution in [2.75, 3.05) is 6.54 Å². The Bertz CT molecular complexity index is 211. The summed E-state index contributed by atoms with van der Waals surface area (Å²) in [5.74, 6) is -0.0965. The molecule has 0 aliphatic heterocycles. The molecular formula is C9H15NO2. The lowest BCUT2D eigenvalue weighted by Crippen LogP contribution is -2.20. The molecule has 0 aromatic heterocycles. The topological polar surface area (TPSA) is 49.3 Å². The monoisotopic (exact) mass is 169 g/mol. The van der Waals surface area contributed by atoms with Crippen molar-refractivity contribution in [3.63, 3.8) is 0 Å². The number of carbonyl (C=O) groups is 1. The molecule has 3 heteroatoms. The fraction of sp³-hybridized carbons (Fsp3) is 0.667. The molecule has 3 nitrogen and oxygen atoms in total. The van der Waals surface area contributed by atoms with Crippen molar-refractivity contribution < 1.29 is 9.90 Å². The van der Waals surface area contributed by atoms with Crippen molar-refractivity contribution in [1.29, 1.82) is 0 Å². The van der Waals surface area contributed by atoms with Crippen LogP contribution in [0.1, 0.15) is 20.3 Å². The second-order valence-corrected chi connectivity index (χ2v) is 3.53. The molecule has 1 fully saturated rings. The summed E-state index contributed by atoms with van der Waals surface area (Å²) >= 11 is 0. The standard InChI is InChI=1S/C9H15NO2/c1-6(3-9(11)12)5-10-8-4-7(8)2/h3,7-8,10H,4-5H2,1-2H3,(H,11,12). The van der Waals surface area contributed by atoms with Crippen molar-refractivity contribution in [1.82, 2.24) is 5.32 Å². The van der Waals surface area contributed by atoms with Crippen molar-refractivity contribution in [2.45, 2.75) is 26.3 Å². The summed E-state index contributed by atoms with van der Waals surface area (Å²) in [5, 5.41) is 11.7. The summed E-state index contributed by atoms with van der Waals surface area (Å²) in [6.07, 6.45) is 2.47. The Hall–Kier alpha value is -0.830. The highest BCUT2D eigenvalue weighted by Crippen LogP contribution is 2.28. The molecule has 2 unspecified atom stereocenters. The first-order valence-electron chi connectivity index (χ1n) is 4.23. The van der Waals surface area contributed by atoms with Crippen molar-refractivity contribution >= 4 is 5.97 Å². The fourth-order valence-corrected chi connectivity index (χ4v) is 1.16. The number of rotatable bonds is 4. The van der Waals surface area contributed by atoms with Gasteiger partial charge in [-0.25, -0.2) is 4.79 Å². The highest BCUT2D eigenvalue weighted by Gasteiger charge is 2.31. The number of carboxylic acid groups (broad SMARTS) is 1. The Kier molecular flexibility index (Phi) is 2.87. The van der Waals surface area contributed by atoms with Crippen LogP contribution in [-0.4, -0.2) is 23.7 Å². The molecular weight excluding hydrogens is 154 g/mol. The predicted octanol–water partition coefficient (Wildman–Crippen LogP) is 1.02. The lowest BCUT2D eigenvalue weighted by Gasteiger charge is -2.01. The maximum Gasteiger partial charge on any atom is 0.328 e. The van der Waals surface area contributed by atoms with Gasteiger partial charge in [-0.05, 0) is 19.3 Å². The van der Waals surface area contributed by atoms with E-state index < -0.39 is 5.97 Å². The van der Waals surface area contributed by atoms with Gasteiger partial charge in [-0.1, -0.05) is 12.5 Å². The molecule has 12 heavy (non-hydrogen) atoms. The van der Waals surface area contributed by atoms with E-state index in [0.717, 1.165) is 11.5 Å². The summed E-state index contributed by atoms with van der Waals surface area (Å²) in [5.41, 5.74) is 0.876. The maximum atomic E-state index is 10.2. The van der Waals surface area contributed by atoms with Gasteiger partial charge in [-0.2, -0.15) is 0 Å². The molecule has 0 saturated heterocycles. The van der Waals surface area contributed by atoms with E-state index in [2.05, 4.69) is 12.2 Å². The maximum absolute atomic E-state index is 10.2. The van der Waals surface area contributed by atoms with Crippen LogP contribution in [0.5, 0.6) is 0 Å². The van der Waals surface area contributed by atoms with E-state index in [1.54, 1.807) is 0 Å². The molecule has 0 spiro atoms. The van der Waals surface area contributed by atoms with Crippen molar-refractivity contribution in [3.8, 4) is 0 Å². The molecule has 0 aromatic carbocycles. The molecule has 0 aromatic rings. The lowest BCUT2D eigenvalue weighted by atomic mass is 10.3. The molecule has 68 valence electrons. The highest BCUT2D eigenvalue weighted by atomic mass is 16.4. The number of hydrogen-bond donors (Lipinski definition) is 2. The van der Waals surface area contributed by atoms with E-state index >= 15 is 0 Å². The number of carboxylic acids is 1. The predicted molar refractivity (Wildman–Crippen MR) is 47.0 cm³/mol. The van der Waals surface area contributed by atoms with Gasteiger partial charge in [0.2, 0.25) is 0 Å². The average molecular weight is 169 g/mol. The van der Waals surface area contributed by atoms with Gasteiger partial charge >= 0.3 is 5.97 Å². The van der Waals surface area contributed by atoms with E-state index in [4.69, 9.17) is 5.11 Å². The van der Waals surface area contributed by atoms with Gasteiger partial charge in [0.25, 0.3) is 0 Å². The summed E-state index contributed by atoms with van der Waals surface area (Å²) in [6.45, 7) is 4.71. The Morgan fingerprint density at radius 3 is 2.75 bits per heavy atom. The zero-order valence-electron chi connectivity index (χ0n) is 7.50. The second kappa shape index (κ2) is 3.72. The zero-order valence-corrected chi connectivity index (χ0v) is 7.50. The first-order valence-corrected chi connectivity index (χ1v) is 4.23. The molecule has 1 aliphatic rings. The second-order valence-electron chi connectivity index (χ2n) is 3.53. The molecule has 2 N–H and O–H groups in total. The number of aliphatic carboxylic acids is 1. The van der Waals surface area contributed by atoms with Gasteiger partial charge in [0, 0.05) is 18.7 Å². The average Bonchev–Trinajstić information content (AvgIpc) is 2.61. The third kappa shape index (κ3) is 3.05. The first-order chi connectivity index (χ1) is 5.59. The summed E-state index contributed by atoms with van der Waals surface area (Å²) in [7, 11) is 0. The first kappa shape index (κ1) is 9.26. The van der Waals surface area contributed by atoms with Crippen LogP contribution < -0.4 is 5.32 Å². The third-order valence-electron chi connectivity index (χ3n) is 2.12. The van der Waals surface area contributed by atoms with E-state index in [9.17, 15) is 4.79 Å². The van der Waals surface area contributed by atoms with E-state index in [1.807, 2.05) is 6.92 Å².